The van der Waals surface area contributed by atoms with Gasteiger partial charge in [-0.25, -0.2) is 13.4 Å². The Bertz CT molecular complexity index is 1400. The summed E-state index contributed by atoms with van der Waals surface area (Å²) in [7, 11) is -4.38. The van der Waals surface area contributed by atoms with E-state index in [4.69, 9.17) is 0 Å². The number of nitrogens with zero attached hydrogens (tertiary/aromatic N) is 2. The number of halogens is 3. The number of pyridine rings is 1. The van der Waals surface area contributed by atoms with Crippen LogP contribution in [-0.2, 0) is 22.6 Å². The lowest BCUT2D eigenvalue weighted by molar-refractivity contribution is -0.139. The van der Waals surface area contributed by atoms with Crippen LogP contribution in [0.2, 0.25) is 0 Å². The van der Waals surface area contributed by atoms with Crippen LogP contribution < -0.4 is 5.32 Å². The highest BCUT2D eigenvalue weighted by Gasteiger charge is 2.37. The van der Waals surface area contributed by atoms with Gasteiger partial charge in [0, 0.05) is 25.1 Å². The maximum atomic E-state index is 13.2. The molecule has 0 unspecified atom stereocenters. The topological polar surface area (TPSA) is 80.5 Å². The normalized spacial score (nSPS) is 12.1. The molecule has 164 valence electrons. The lowest BCUT2D eigenvalue weighted by atomic mass is 10.2. The number of carbonyl (C=O) groups is 1. The first kappa shape index (κ1) is 21.6. The predicted molar refractivity (Wildman–Crippen MR) is 110 cm³/mol. The van der Waals surface area contributed by atoms with E-state index in [2.05, 4.69) is 10.3 Å². The van der Waals surface area contributed by atoms with Crippen LogP contribution in [0.3, 0.4) is 0 Å². The second kappa shape index (κ2) is 8.12. The zero-order chi connectivity index (χ0) is 22.9. The summed E-state index contributed by atoms with van der Waals surface area (Å²) in [5.41, 5.74) is 0.486. The van der Waals surface area contributed by atoms with Crippen LogP contribution in [0, 0.1) is 0 Å². The van der Waals surface area contributed by atoms with Crippen molar-refractivity contribution >= 4 is 21.4 Å². The Labute approximate surface area is 181 Å². The number of hydrogen-bond donors (Lipinski definition) is 1. The van der Waals surface area contributed by atoms with E-state index in [1.165, 1.54) is 30.3 Å². The van der Waals surface area contributed by atoms with Gasteiger partial charge in [0.2, 0.25) is 9.84 Å². The summed E-state index contributed by atoms with van der Waals surface area (Å²) in [5.74, 6) is -0.337. The van der Waals surface area contributed by atoms with Gasteiger partial charge in [-0.1, -0.05) is 24.3 Å². The summed E-state index contributed by atoms with van der Waals surface area (Å²) in [6.07, 6.45) is 0.154. The summed E-state index contributed by atoms with van der Waals surface area (Å²) in [5, 5.41) is 2.72. The first-order chi connectivity index (χ1) is 15.2. The standard InChI is InChI=1S/C22H16F3N3O3S/c23-22(24,25)18-3-1-2-4-19(18)32(30,31)17-8-5-15(6-9-17)13-27-21(29)16-7-10-20-26-11-12-28(20)14-16/h1-12,14H,13H2,(H,27,29). The van der Waals surface area contributed by atoms with E-state index in [9.17, 15) is 26.4 Å². The Morgan fingerprint density at radius 2 is 1.72 bits per heavy atom. The number of alkyl halides is 3. The Balaban J connectivity index is 1.50. The average Bonchev–Trinajstić information content (AvgIpc) is 3.25. The summed E-state index contributed by atoms with van der Waals surface area (Å²) >= 11 is 0. The van der Waals surface area contributed by atoms with Crippen molar-refractivity contribution in [3.63, 3.8) is 0 Å². The van der Waals surface area contributed by atoms with Crippen LogP contribution in [0.5, 0.6) is 0 Å². The largest absolute Gasteiger partial charge is 0.417 e. The molecule has 0 aliphatic rings. The number of imidazole rings is 1. The van der Waals surface area contributed by atoms with Crippen molar-refractivity contribution in [2.45, 2.75) is 22.5 Å². The molecule has 32 heavy (non-hydrogen) atoms. The highest BCUT2D eigenvalue weighted by atomic mass is 32.2. The molecule has 2 aromatic heterocycles. The molecule has 0 radical (unpaired) electrons. The van der Waals surface area contributed by atoms with Gasteiger partial charge in [-0.2, -0.15) is 13.2 Å². The van der Waals surface area contributed by atoms with E-state index in [-0.39, 0.29) is 17.3 Å². The van der Waals surface area contributed by atoms with Gasteiger partial charge in [0.05, 0.1) is 20.9 Å². The number of hydrogen-bond acceptors (Lipinski definition) is 4. The van der Waals surface area contributed by atoms with Gasteiger partial charge in [-0.05, 0) is 42.0 Å². The minimum atomic E-state index is -4.80. The van der Waals surface area contributed by atoms with Crippen LogP contribution in [0.15, 0.2) is 89.0 Å². The number of nitrogens with one attached hydrogen (secondary N) is 1. The van der Waals surface area contributed by atoms with E-state index in [0.29, 0.717) is 16.8 Å². The Morgan fingerprint density at radius 1 is 1.00 bits per heavy atom. The molecule has 0 fully saturated rings. The molecule has 0 aliphatic heterocycles. The lowest BCUT2D eigenvalue weighted by Crippen LogP contribution is -2.23. The monoisotopic (exact) mass is 459 g/mol. The van der Waals surface area contributed by atoms with Crippen molar-refractivity contribution in [1.29, 1.82) is 0 Å². The van der Waals surface area contributed by atoms with Crippen LogP contribution in [0.1, 0.15) is 21.5 Å². The van der Waals surface area contributed by atoms with Crippen LogP contribution >= 0.6 is 0 Å². The average molecular weight is 459 g/mol. The highest BCUT2D eigenvalue weighted by Crippen LogP contribution is 2.36. The quantitative estimate of drug-likeness (QED) is 0.487. The predicted octanol–water partition coefficient (Wildman–Crippen LogP) is 4.12. The van der Waals surface area contributed by atoms with E-state index >= 15 is 0 Å². The van der Waals surface area contributed by atoms with Crippen molar-refractivity contribution in [2.24, 2.45) is 0 Å². The minimum Gasteiger partial charge on any atom is -0.348 e. The molecule has 2 aromatic carbocycles. The molecule has 2 heterocycles. The maximum Gasteiger partial charge on any atom is 0.417 e. The van der Waals surface area contributed by atoms with Crippen molar-refractivity contribution in [2.75, 3.05) is 0 Å². The molecule has 1 amide bonds. The fourth-order valence-corrected chi connectivity index (χ4v) is 4.67. The Hall–Kier alpha value is -3.66. The fraction of sp³-hybridized carbons (Fsp3) is 0.0909. The first-order valence-electron chi connectivity index (χ1n) is 9.37. The summed E-state index contributed by atoms with van der Waals surface area (Å²) < 4.78 is 66.9. The van der Waals surface area contributed by atoms with Gasteiger partial charge in [-0.15, -0.1) is 0 Å². The lowest BCUT2D eigenvalue weighted by Gasteiger charge is -2.13. The molecule has 0 bridgehead atoms. The molecule has 0 atom stereocenters. The number of fused-ring (bicyclic) bond motifs is 1. The van der Waals surface area contributed by atoms with Gasteiger partial charge in [0.25, 0.3) is 5.91 Å². The van der Waals surface area contributed by atoms with Crippen LogP contribution in [0.25, 0.3) is 5.65 Å². The highest BCUT2D eigenvalue weighted by molar-refractivity contribution is 7.91. The molecule has 6 nitrogen and oxygen atoms in total. The van der Waals surface area contributed by atoms with Gasteiger partial charge < -0.3 is 9.72 Å². The smallest absolute Gasteiger partial charge is 0.348 e. The summed E-state index contributed by atoms with van der Waals surface area (Å²) in [6, 6.07) is 12.7. The van der Waals surface area contributed by atoms with Crippen LogP contribution in [-0.4, -0.2) is 23.7 Å². The van der Waals surface area contributed by atoms with E-state index in [1.54, 1.807) is 35.1 Å². The van der Waals surface area contributed by atoms with Gasteiger partial charge in [-0.3, -0.25) is 4.79 Å². The summed E-state index contributed by atoms with van der Waals surface area (Å²) in [4.78, 5) is 15.4. The van der Waals surface area contributed by atoms with Gasteiger partial charge >= 0.3 is 6.18 Å². The minimum absolute atomic E-state index is 0.111. The Kier molecular flexibility index (Phi) is 5.47. The molecule has 4 aromatic rings. The number of rotatable bonds is 5. The molecule has 0 aliphatic carbocycles. The zero-order valence-corrected chi connectivity index (χ0v) is 17.2. The van der Waals surface area contributed by atoms with Crippen molar-refractivity contribution in [1.82, 2.24) is 14.7 Å². The third-order valence-corrected chi connectivity index (χ3v) is 6.65. The fourth-order valence-electron chi connectivity index (χ4n) is 3.19. The molecular weight excluding hydrogens is 443 g/mol. The third-order valence-electron chi connectivity index (χ3n) is 4.82. The number of sulfone groups is 1. The Morgan fingerprint density at radius 3 is 2.44 bits per heavy atom. The van der Waals surface area contributed by atoms with Crippen molar-refractivity contribution in [3.8, 4) is 0 Å². The molecule has 1 N–H and O–H groups in total. The van der Waals surface area contributed by atoms with E-state index < -0.39 is 26.5 Å². The van der Waals surface area contributed by atoms with E-state index in [0.717, 1.165) is 18.2 Å². The van der Waals surface area contributed by atoms with Crippen molar-refractivity contribution in [3.05, 3.63) is 95.9 Å². The van der Waals surface area contributed by atoms with Gasteiger partial charge in [0.1, 0.15) is 5.65 Å². The molecule has 0 saturated carbocycles. The number of carbonyl (C=O) groups excluding carboxylic acids is 1. The molecular formula is C22H16F3N3O3S. The van der Waals surface area contributed by atoms with Gasteiger partial charge in [0.15, 0.2) is 0 Å². The van der Waals surface area contributed by atoms with Crippen molar-refractivity contribution < 1.29 is 26.4 Å². The maximum absolute atomic E-state index is 13.2. The molecule has 0 spiro atoms. The molecule has 4 rings (SSSR count). The number of amides is 1. The number of aromatic nitrogens is 2. The first-order valence-corrected chi connectivity index (χ1v) is 10.9. The summed E-state index contributed by atoms with van der Waals surface area (Å²) in [6.45, 7) is 0.111. The SMILES string of the molecule is O=C(NCc1ccc(S(=O)(=O)c2ccccc2C(F)(F)F)cc1)c1ccc2nccn2c1. The zero-order valence-electron chi connectivity index (χ0n) is 16.4. The second-order valence-corrected chi connectivity index (χ2v) is 8.85. The number of benzene rings is 2. The molecule has 0 saturated heterocycles. The van der Waals surface area contributed by atoms with E-state index in [1.807, 2.05) is 0 Å². The van der Waals surface area contributed by atoms with Crippen LogP contribution in [0.4, 0.5) is 13.2 Å². The second-order valence-electron chi connectivity index (χ2n) is 6.93. The third kappa shape index (κ3) is 4.22. The molecule has 10 heteroatoms.